The molecule has 2 rings (SSSR count). The lowest BCUT2D eigenvalue weighted by Crippen LogP contribution is -2.48. The second kappa shape index (κ2) is 6.71. The molecule has 2 saturated carbocycles. The minimum Gasteiger partial charge on any atom is -0.383 e. The van der Waals surface area contributed by atoms with Crippen LogP contribution in [0, 0.1) is 17.8 Å². The molecule has 4 unspecified atom stereocenters. The number of fused-ring (bicyclic) bond motifs is 2. The maximum atomic E-state index is 12.7. The maximum Gasteiger partial charge on any atom is 0.227 e. The zero-order chi connectivity index (χ0) is 13.8. The van der Waals surface area contributed by atoms with Crippen LogP contribution in [0.4, 0.5) is 0 Å². The van der Waals surface area contributed by atoms with Gasteiger partial charge in [0.1, 0.15) is 0 Å². The first kappa shape index (κ1) is 14.8. The summed E-state index contributed by atoms with van der Waals surface area (Å²) in [5.41, 5.74) is 6.28. The van der Waals surface area contributed by atoms with Crippen molar-refractivity contribution in [2.24, 2.45) is 23.5 Å². The van der Waals surface area contributed by atoms with Crippen molar-refractivity contribution in [3.63, 3.8) is 0 Å². The molecule has 0 radical (unpaired) electrons. The molecule has 0 heterocycles. The van der Waals surface area contributed by atoms with Gasteiger partial charge >= 0.3 is 0 Å². The van der Waals surface area contributed by atoms with Crippen molar-refractivity contribution in [3.8, 4) is 0 Å². The number of nitrogens with zero attached hydrogens (tertiary/aromatic N) is 1. The SMILES string of the molecule is CCCCN(CCOC)C(=O)C1C2CCC(C2)C1N. The second-order valence-corrected chi connectivity index (χ2v) is 6.11. The van der Waals surface area contributed by atoms with E-state index in [4.69, 9.17) is 10.5 Å². The number of unbranched alkanes of at least 4 members (excludes halogenated alkanes) is 1. The van der Waals surface area contributed by atoms with Crippen molar-refractivity contribution in [2.45, 2.75) is 45.1 Å². The molecule has 2 bridgehead atoms. The lowest BCUT2D eigenvalue weighted by molar-refractivity contribution is -0.138. The summed E-state index contributed by atoms with van der Waals surface area (Å²) in [5, 5.41) is 0. The predicted molar refractivity (Wildman–Crippen MR) is 75.7 cm³/mol. The summed E-state index contributed by atoms with van der Waals surface area (Å²) in [6.45, 7) is 4.32. The molecular formula is C15H28N2O2. The lowest BCUT2D eigenvalue weighted by Gasteiger charge is -2.32. The minimum absolute atomic E-state index is 0.0764. The topological polar surface area (TPSA) is 55.6 Å². The highest BCUT2D eigenvalue weighted by Crippen LogP contribution is 2.48. The summed E-state index contributed by atoms with van der Waals surface area (Å²) < 4.78 is 5.13. The molecule has 0 saturated heterocycles. The Bertz CT molecular complexity index is 299. The standard InChI is InChI=1S/C15H28N2O2/c1-3-4-7-17(8-9-19-2)15(18)13-11-5-6-12(10-11)14(13)16/h11-14H,3-10,16H2,1-2H3. The van der Waals surface area contributed by atoms with E-state index in [1.807, 2.05) is 4.90 Å². The van der Waals surface area contributed by atoms with Crippen molar-refractivity contribution < 1.29 is 9.53 Å². The van der Waals surface area contributed by atoms with Gasteiger partial charge in [-0.25, -0.2) is 0 Å². The Kier molecular flexibility index (Phi) is 5.22. The third-order valence-electron chi connectivity index (χ3n) is 4.92. The average Bonchev–Trinajstić information content (AvgIpc) is 2.99. The molecule has 1 amide bonds. The molecule has 2 aliphatic rings. The van der Waals surface area contributed by atoms with Crippen molar-refractivity contribution in [2.75, 3.05) is 26.8 Å². The molecular weight excluding hydrogens is 240 g/mol. The molecule has 0 aliphatic heterocycles. The zero-order valence-corrected chi connectivity index (χ0v) is 12.3. The quantitative estimate of drug-likeness (QED) is 0.763. The van der Waals surface area contributed by atoms with E-state index in [2.05, 4.69) is 6.92 Å². The second-order valence-electron chi connectivity index (χ2n) is 6.11. The minimum atomic E-state index is 0.0764. The Labute approximate surface area is 116 Å². The van der Waals surface area contributed by atoms with E-state index in [-0.39, 0.29) is 17.9 Å². The molecule has 0 spiro atoms. The number of carbonyl (C=O) groups excluding carboxylic acids is 1. The van der Waals surface area contributed by atoms with Gasteiger partial charge in [-0.1, -0.05) is 13.3 Å². The molecule has 2 N–H and O–H groups in total. The smallest absolute Gasteiger partial charge is 0.227 e. The molecule has 2 fully saturated rings. The van der Waals surface area contributed by atoms with Gasteiger partial charge in [-0.3, -0.25) is 4.79 Å². The van der Waals surface area contributed by atoms with Gasteiger partial charge in [-0.15, -0.1) is 0 Å². The van der Waals surface area contributed by atoms with Crippen LogP contribution in [0.25, 0.3) is 0 Å². The van der Waals surface area contributed by atoms with Gasteiger partial charge < -0.3 is 15.4 Å². The Morgan fingerprint density at radius 3 is 2.63 bits per heavy atom. The maximum absolute atomic E-state index is 12.7. The number of rotatable bonds is 7. The van der Waals surface area contributed by atoms with Gasteiger partial charge in [0.05, 0.1) is 12.5 Å². The number of ether oxygens (including phenoxy) is 1. The molecule has 2 aliphatic carbocycles. The predicted octanol–water partition coefficient (Wildman–Crippen LogP) is 1.63. The molecule has 0 aromatic rings. The Morgan fingerprint density at radius 1 is 1.32 bits per heavy atom. The van der Waals surface area contributed by atoms with E-state index < -0.39 is 0 Å². The van der Waals surface area contributed by atoms with Gasteiger partial charge in [0.25, 0.3) is 0 Å². The largest absolute Gasteiger partial charge is 0.383 e. The van der Waals surface area contributed by atoms with Crippen LogP contribution in [0.15, 0.2) is 0 Å². The van der Waals surface area contributed by atoms with Crippen molar-refractivity contribution in [1.82, 2.24) is 4.90 Å². The summed E-state index contributed by atoms with van der Waals surface area (Å²) in [6, 6.07) is 0.0953. The number of amides is 1. The fourth-order valence-corrected chi connectivity index (χ4v) is 3.80. The number of hydrogen-bond acceptors (Lipinski definition) is 3. The highest BCUT2D eigenvalue weighted by atomic mass is 16.5. The van der Waals surface area contributed by atoms with Crippen LogP contribution in [-0.4, -0.2) is 43.7 Å². The van der Waals surface area contributed by atoms with Crippen LogP contribution in [0.1, 0.15) is 39.0 Å². The molecule has 4 nitrogen and oxygen atoms in total. The first-order valence-electron chi connectivity index (χ1n) is 7.72. The van der Waals surface area contributed by atoms with E-state index >= 15 is 0 Å². The molecule has 0 aromatic heterocycles. The third kappa shape index (κ3) is 3.11. The van der Waals surface area contributed by atoms with E-state index in [0.29, 0.717) is 25.0 Å². The monoisotopic (exact) mass is 268 g/mol. The Morgan fingerprint density at radius 2 is 2.05 bits per heavy atom. The van der Waals surface area contributed by atoms with E-state index in [1.165, 1.54) is 19.3 Å². The van der Waals surface area contributed by atoms with E-state index in [1.54, 1.807) is 7.11 Å². The first-order chi connectivity index (χ1) is 9.19. The van der Waals surface area contributed by atoms with Gasteiger partial charge in [0, 0.05) is 26.2 Å². The average molecular weight is 268 g/mol. The zero-order valence-electron chi connectivity index (χ0n) is 12.3. The first-order valence-corrected chi connectivity index (χ1v) is 7.72. The molecule has 0 aromatic carbocycles. The van der Waals surface area contributed by atoms with Gasteiger partial charge in [0.2, 0.25) is 5.91 Å². The third-order valence-corrected chi connectivity index (χ3v) is 4.92. The molecule has 19 heavy (non-hydrogen) atoms. The van der Waals surface area contributed by atoms with Crippen molar-refractivity contribution in [3.05, 3.63) is 0 Å². The van der Waals surface area contributed by atoms with Crippen molar-refractivity contribution >= 4 is 5.91 Å². The van der Waals surface area contributed by atoms with Crippen molar-refractivity contribution in [1.29, 1.82) is 0 Å². The van der Waals surface area contributed by atoms with Crippen LogP contribution in [0.5, 0.6) is 0 Å². The summed E-state index contributed by atoms with van der Waals surface area (Å²) >= 11 is 0. The Hall–Kier alpha value is -0.610. The fraction of sp³-hybridized carbons (Fsp3) is 0.933. The number of hydrogen-bond donors (Lipinski definition) is 1. The Balaban J connectivity index is 1.97. The van der Waals surface area contributed by atoms with E-state index in [0.717, 1.165) is 19.4 Å². The number of nitrogens with two attached hydrogens (primary N) is 1. The highest BCUT2D eigenvalue weighted by Gasteiger charge is 2.49. The van der Waals surface area contributed by atoms with Crippen LogP contribution < -0.4 is 5.73 Å². The summed E-state index contributed by atoms with van der Waals surface area (Å²) in [4.78, 5) is 14.7. The van der Waals surface area contributed by atoms with Crippen LogP contribution >= 0.6 is 0 Å². The summed E-state index contributed by atoms with van der Waals surface area (Å²) in [5.74, 6) is 1.49. The van der Waals surface area contributed by atoms with Gasteiger partial charge in [-0.05, 0) is 37.5 Å². The summed E-state index contributed by atoms with van der Waals surface area (Å²) in [7, 11) is 1.69. The normalized spacial score (nSPS) is 32.8. The fourth-order valence-electron chi connectivity index (χ4n) is 3.80. The van der Waals surface area contributed by atoms with E-state index in [9.17, 15) is 4.79 Å². The molecule has 4 heteroatoms. The molecule has 4 atom stereocenters. The molecule has 110 valence electrons. The van der Waals surface area contributed by atoms with Crippen LogP contribution in [0.2, 0.25) is 0 Å². The summed E-state index contributed by atoms with van der Waals surface area (Å²) in [6.07, 6.45) is 5.76. The van der Waals surface area contributed by atoms with Crippen LogP contribution in [0.3, 0.4) is 0 Å². The van der Waals surface area contributed by atoms with Crippen LogP contribution in [-0.2, 0) is 9.53 Å². The van der Waals surface area contributed by atoms with Gasteiger partial charge in [0.15, 0.2) is 0 Å². The van der Waals surface area contributed by atoms with Gasteiger partial charge in [-0.2, -0.15) is 0 Å². The number of carbonyl (C=O) groups is 1. The number of methoxy groups -OCH3 is 1. The lowest BCUT2D eigenvalue weighted by atomic mass is 9.84. The highest BCUT2D eigenvalue weighted by molar-refractivity contribution is 5.80.